The first kappa shape index (κ1) is 11.5. The zero-order valence-corrected chi connectivity index (χ0v) is 9.76. The Morgan fingerprint density at radius 3 is 2.82 bits per heavy atom. The van der Waals surface area contributed by atoms with Crippen LogP contribution in [-0.2, 0) is 4.79 Å². The molecule has 1 aromatic heterocycles. The molecule has 0 bridgehead atoms. The van der Waals surface area contributed by atoms with E-state index in [9.17, 15) is 4.79 Å². The van der Waals surface area contributed by atoms with Gasteiger partial charge in [-0.15, -0.1) is 0 Å². The number of nitrogens with zero attached hydrogens (tertiary/aromatic N) is 4. The highest BCUT2D eigenvalue weighted by Crippen LogP contribution is 2.22. The van der Waals surface area contributed by atoms with Crippen LogP contribution in [0, 0.1) is 11.3 Å². The molecule has 1 aliphatic carbocycles. The van der Waals surface area contributed by atoms with E-state index in [2.05, 4.69) is 9.97 Å². The van der Waals surface area contributed by atoms with E-state index in [4.69, 9.17) is 5.26 Å². The van der Waals surface area contributed by atoms with Crippen molar-refractivity contribution in [1.82, 2.24) is 9.97 Å². The molecule has 0 amide bonds. The van der Waals surface area contributed by atoms with Crippen LogP contribution < -0.4 is 4.90 Å². The van der Waals surface area contributed by atoms with E-state index in [1.165, 1.54) is 0 Å². The van der Waals surface area contributed by atoms with E-state index >= 15 is 0 Å². The lowest BCUT2D eigenvalue weighted by Crippen LogP contribution is -2.36. The summed E-state index contributed by atoms with van der Waals surface area (Å²) in [7, 11) is 1.91. The zero-order chi connectivity index (χ0) is 12.3. The van der Waals surface area contributed by atoms with E-state index < -0.39 is 0 Å². The van der Waals surface area contributed by atoms with Crippen LogP contribution in [0.25, 0.3) is 0 Å². The minimum absolute atomic E-state index is 0.293. The monoisotopic (exact) mass is 230 g/mol. The highest BCUT2D eigenvalue weighted by Gasteiger charge is 2.23. The number of anilines is 1. The summed E-state index contributed by atoms with van der Waals surface area (Å²) in [5, 5.41) is 8.79. The summed E-state index contributed by atoms with van der Waals surface area (Å²) < 4.78 is 0. The predicted molar refractivity (Wildman–Crippen MR) is 62.4 cm³/mol. The summed E-state index contributed by atoms with van der Waals surface area (Å²) in [5.41, 5.74) is 0.369. The maximum absolute atomic E-state index is 11.2. The lowest BCUT2D eigenvalue weighted by atomic mass is 9.93. The van der Waals surface area contributed by atoms with Crippen LogP contribution >= 0.6 is 0 Å². The summed E-state index contributed by atoms with van der Waals surface area (Å²) in [6.07, 6.45) is 4.54. The number of hydrogen-bond donors (Lipinski definition) is 0. The van der Waals surface area contributed by atoms with E-state index in [1.54, 1.807) is 12.3 Å². The summed E-state index contributed by atoms with van der Waals surface area (Å²) >= 11 is 0. The van der Waals surface area contributed by atoms with Gasteiger partial charge in [-0.3, -0.25) is 4.79 Å². The van der Waals surface area contributed by atoms with Crippen LogP contribution in [0.5, 0.6) is 0 Å². The van der Waals surface area contributed by atoms with Crippen LogP contribution in [-0.4, -0.2) is 28.8 Å². The first-order chi connectivity index (χ1) is 8.20. The molecule has 5 nitrogen and oxygen atoms in total. The molecule has 1 aromatic rings. The fraction of sp³-hybridized carbons (Fsp3) is 0.500. The smallest absolute Gasteiger partial charge is 0.226 e. The third kappa shape index (κ3) is 2.59. The number of aromatic nitrogens is 2. The van der Waals surface area contributed by atoms with Crippen molar-refractivity contribution in [1.29, 1.82) is 5.26 Å². The van der Waals surface area contributed by atoms with Gasteiger partial charge >= 0.3 is 0 Å². The second-order valence-electron chi connectivity index (χ2n) is 4.23. The van der Waals surface area contributed by atoms with Gasteiger partial charge in [-0.05, 0) is 18.9 Å². The third-order valence-electron chi connectivity index (χ3n) is 3.13. The third-order valence-corrected chi connectivity index (χ3v) is 3.13. The van der Waals surface area contributed by atoms with Crippen molar-refractivity contribution in [3.63, 3.8) is 0 Å². The average molecular weight is 230 g/mol. The summed E-state index contributed by atoms with van der Waals surface area (Å²) in [5.74, 6) is 0.893. The SMILES string of the molecule is CN(c1nccc(C#N)n1)C1CCC(=O)CC1. The van der Waals surface area contributed by atoms with Gasteiger partial charge in [0.1, 0.15) is 17.5 Å². The number of carbonyl (C=O) groups is 1. The van der Waals surface area contributed by atoms with Gasteiger partial charge in [-0.1, -0.05) is 0 Å². The van der Waals surface area contributed by atoms with Crippen molar-refractivity contribution in [2.45, 2.75) is 31.7 Å². The molecule has 0 aromatic carbocycles. The Labute approximate surface area is 100 Å². The zero-order valence-electron chi connectivity index (χ0n) is 9.76. The van der Waals surface area contributed by atoms with E-state index in [0.29, 0.717) is 36.3 Å². The fourth-order valence-electron chi connectivity index (χ4n) is 2.06. The van der Waals surface area contributed by atoms with Crippen LogP contribution in [0.3, 0.4) is 0 Å². The van der Waals surface area contributed by atoms with Crippen LogP contribution in [0.15, 0.2) is 12.3 Å². The van der Waals surface area contributed by atoms with E-state index in [1.807, 2.05) is 18.0 Å². The van der Waals surface area contributed by atoms with Gasteiger partial charge in [0, 0.05) is 32.1 Å². The normalized spacial score (nSPS) is 16.6. The molecule has 17 heavy (non-hydrogen) atoms. The largest absolute Gasteiger partial charge is 0.341 e. The van der Waals surface area contributed by atoms with Crippen molar-refractivity contribution >= 4 is 11.7 Å². The Balaban J connectivity index is 2.11. The van der Waals surface area contributed by atoms with Crippen LogP contribution in [0.1, 0.15) is 31.4 Å². The molecule has 0 atom stereocenters. The second kappa shape index (κ2) is 4.91. The van der Waals surface area contributed by atoms with Crippen molar-refractivity contribution in [3.05, 3.63) is 18.0 Å². The van der Waals surface area contributed by atoms with Crippen molar-refractivity contribution in [2.75, 3.05) is 11.9 Å². The second-order valence-corrected chi connectivity index (χ2v) is 4.23. The number of carbonyl (C=O) groups excluding carboxylic acids is 1. The minimum Gasteiger partial charge on any atom is -0.341 e. The molecular weight excluding hydrogens is 216 g/mol. The quantitative estimate of drug-likeness (QED) is 0.765. The topological polar surface area (TPSA) is 69.9 Å². The molecule has 0 unspecified atom stereocenters. The Morgan fingerprint density at radius 1 is 1.47 bits per heavy atom. The maximum atomic E-state index is 11.2. The minimum atomic E-state index is 0.293. The first-order valence-corrected chi connectivity index (χ1v) is 5.68. The van der Waals surface area contributed by atoms with Crippen LogP contribution in [0.4, 0.5) is 5.95 Å². The Morgan fingerprint density at radius 2 is 2.18 bits per heavy atom. The van der Waals surface area contributed by atoms with Gasteiger partial charge in [0.2, 0.25) is 5.95 Å². The number of hydrogen-bond acceptors (Lipinski definition) is 5. The number of nitriles is 1. The Kier molecular flexibility index (Phi) is 3.33. The summed E-state index contributed by atoms with van der Waals surface area (Å²) in [6.45, 7) is 0. The lowest BCUT2D eigenvalue weighted by molar-refractivity contribution is -0.120. The van der Waals surface area contributed by atoms with Crippen molar-refractivity contribution in [2.24, 2.45) is 0 Å². The van der Waals surface area contributed by atoms with Gasteiger partial charge in [0.15, 0.2) is 0 Å². The molecule has 0 aliphatic heterocycles. The van der Waals surface area contributed by atoms with Gasteiger partial charge < -0.3 is 4.90 Å². The van der Waals surface area contributed by atoms with Gasteiger partial charge in [0.05, 0.1) is 0 Å². The Bertz CT molecular complexity index is 456. The summed E-state index contributed by atoms with van der Waals surface area (Å²) in [6, 6.07) is 3.88. The number of rotatable bonds is 2. The van der Waals surface area contributed by atoms with Crippen molar-refractivity contribution < 1.29 is 4.79 Å². The lowest BCUT2D eigenvalue weighted by Gasteiger charge is -2.30. The molecule has 1 heterocycles. The molecule has 5 heteroatoms. The maximum Gasteiger partial charge on any atom is 0.226 e. The predicted octanol–water partition coefficient (Wildman–Crippen LogP) is 1.30. The highest BCUT2D eigenvalue weighted by molar-refractivity contribution is 5.79. The van der Waals surface area contributed by atoms with Gasteiger partial charge in [-0.2, -0.15) is 5.26 Å². The molecule has 0 saturated heterocycles. The molecule has 0 radical (unpaired) electrons. The number of ketones is 1. The molecular formula is C12H14N4O. The van der Waals surface area contributed by atoms with Gasteiger partial charge in [-0.25, -0.2) is 9.97 Å². The average Bonchev–Trinajstić information content (AvgIpc) is 2.39. The highest BCUT2D eigenvalue weighted by atomic mass is 16.1. The molecule has 0 spiro atoms. The first-order valence-electron chi connectivity index (χ1n) is 5.68. The molecule has 1 saturated carbocycles. The molecule has 2 rings (SSSR count). The molecule has 88 valence electrons. The van der Waals surface area contributed by atoms with Crippen molar-refractivity contribution in [3.8, 4) is 6.07 Å². The number of Topliss-reactive ketones (excluding diaryl/α,β-unsaturated/α-hetero) is 1. The molecule has 1 aliphatic rings. The fourth-order valence-corrected chi connectivity index (χ4v) is 2.06. The molecule has 0 N–H and O–H groups in total. The van der Waals surface area contributed by atoms with Gasteiger partial charge in [0.25, 0.3) is 0 Å². The molecule has 1 fully saturated rings. The van der Waals surface area contributed by atoms with Crippen LogP contribution in [0.2, 0.25) is 0 Å². The Hall–Kier alpha value is -1.96. The summed E-state index contributed by atoms with van der Waals surface area (Å²) in [4.78, 5) is 21.5. The standard InChI is InChI=1S/C12H14N4O/c1-16(10-2-4-11(17)5-3-10)12-14-7-6-9(8-13)15-12/h6-7,10H,2-5H2,1H3. The van der Waals surface area contributed by atoms with E-state index in [-0.39, 0.29) is 0 Å². The van der Waals surface area contributed by atoms with E-state index in [0.717, 1.165) is 12.8 Å².